The van der Waals surface area contributed by atoms with E-state index in [4.69, 9.17) is 9.84 Å². The second-order valence-electron chi connectivity index (χ2n) is 3.61. The number of amides is 2. The molecular weight excluding hydrogens is 218 g/mol. The molecule has 7 heteroatoms. The van der Waals surface area contributed by atoms with Crippen LogP contribution in [0.15, 0.2) is 12.2 Å². The molecule has 2 heterocycles. The molecule has 0 radical (unpaired) electrons. The van der Waals surface area contributed by atoms with Crippen molar-refractivity contribution in [3.8, 4) is 0 Å². The Bertz CT molecular complexity index is 336. The summed E-state index contributed by atoms with van der Waals surface area (Å²) in [4.78, 5) is 23.3. The maximum atomic E-state index is 11.3. The zero-order valence-corrected chi connectivity index (χ0v) is 8.18. The lowest BCUT2D eigenvalue weighted by molar-refractivity contribution is -0.158. The molecule has 0 aliphatic carbocycles. The summed E-state index contributed by atoms with van der Waals surface area (Å²) in [7, 11) is 0. The molecule has 0 saturated carbocycles. The molecule has 3 N–H and O–H groups in total. The summed E-state index contributed by atoms with van der Waals surface area (Å²) in [6, 6.07) is 0. The van der Waals surface area contributed by atoms with Gasteiger partial charge in [0.05, 0.1) is 6.61 Å². The highest BCUT2D eigenvalue weighted by Gasteiger charge is 2.48. The molecule has 2 rings (SSSR count). The fraction of sp³-hybridized carbons (Fsp3) is 0.556. The van der Waals surface area contributed by atoms with E-state index >= 15 is 0 Å². The third-order valence-corrected chi connectivity index (χ3v) is 2.61. The van der Waals surface area contributed by atoms with Crippen LogP contribution in [0.2, 0.25) is 0 Å². The monoisotopic (exact) mass is 229 g/mol. The SMILES string of the molecule is O=C1C=CC(=O)N1C1OC(CO)C(O)C1O. The first-order chi connectivity index (χ1) is 7.56. The van der Waals surface area contributed by atoms with E-state index in [2.05, 4.69) is 0 Å². The Kier molecular flexibility index (Phi) is 2.76. The van der Waals surface area contributed by atoms with Gasteiger partial charge in [-0.25, -0.2) is 4.90 Å². The van der Waals surface area contributed by atoms with Crippen LogP contribution in [0.1, 0.15) is 0 Å². The van der Waals surface area contributed by atoms with Crippen molar-refractivity contribution in [2.45, 2.75) is 24.5 Å². The Morgan fingerprint density at radius 3 is 2.19 bits per heavy atom. The van der Waals surface area contributed by atoms with E-state index in [1.54, 1.807) is 0 Å². The standard InChI is InChI=1S/C9H11NO6/c11-3-4-7(14)8(15)9(16-4)10-5(12)1-2-6(10)13/h1-2,4,7-9,11,14-15H,3H2. The van der Waals surface area contributed by atoms with Crippen LogP contribution in [-0.4, -0.2) is 63.2 Å². The second-order valence-corrected chi connectivity index (χ2v) is 3.61. The molecule has 0 spiro atoms. The average Bonchev–Trinajstić information content (AvgIpc) is 2.72. The van der Waals surface area contributed by atoms with Crippen LogP contribution in [0.4, 0.5) is 0 Å². The lowest BCUT2D eigenvalue weighted by Gasteiger charge is -2.23. The summed E-state index contributed by atoms with van der Waals surface area (Å²) in [5.41, 5.74) is 0. The lowest BCUT2D eigenvalue weighted by atomic mass is 10.1. The Labute approximate surface area is 90.5 Å². The van der Waals surface area contributed by atoms with Gasteiger partial charge in [-0.1, -0.05) is 0 Å². The predicted molar refractivity (Wildman–Crippen MR) is 48.8 cm³/mol. The highest BCUT2D eigenvalue weighted by atomic mass is 16.6. The summed E-state index contributed by atoms with van der Waals surface area (Å²) >= 11 is 0. The number of rotatable bonds is 2. The molecule has 4 atom stereocenters. The zero-order valence-electron chi connectivity index (χ0n) is 8.18. The fourth-order valence-corrected chi connectivity index (χ4v) is 1.76. The molecule has 1 saturated heterocycles. The number of hydrogen-bond donors (Lipinski definition) is 3. The van der Waals surface area contributed by atoms with Crippen molar-refractivity contribution in [3.05, 3.63) is 12.2 Å². The van der Waals surface area contributed by atoms with Crippen LogP contribution < -0.4 is 0 Å². The third kappa shape index (κ3) is 1.54. The third-order valence-electron chi connectivity index (χ3n) is 2.61. The first kappa shape index (κ1) is 11.2. The van der Waals surface area contributed by atoms with E-state index in [1.807, 2.05) is 0 Å². The van der Waals surface area contributed by atoms with E-state index in [0.717, 1.165) is 12.2 Å². The van der Waals surface area contributed by atoms with Crippen LogP contribution >= 0.6 is 0 Å². The van der Waals surface area contributed by atoms with Gasteiger partial charge < -0.3 is 20.1 Å². The normalized spacial score (nSPS) is 38.8. The summed E-state index contributed by atoms with van der Waals surface area (Å²) in [6.45, 7) is -0.502. The molecule has 16 heavy (non-hydrogen) atoms. The van der Waals surface area contributed by atoms with Crippen LogP contribution in [0.5, 0.6) is 0 Å². The maximum Gasteiger partial charge on any atom is 0.255 e. The molecular formula is C9H11NO6. The molecule has 88 valence electrons. The van der Waals surface area contributed by atoms with E-state index in [9.17, 15) is 19.8 Å². The number of nitrogens with zero attached hydrogens (tertiary/aromatic N) is 1. The highest BCUT2D eigenvalue weighted by Crippen LogP contribution is 2.25. The largest absolute Gasteiger partial charge is 0.394 e. The van der Waals surface area contributed by atoms with Crippen LogP contribution in [0, 0.1) is 0 Å². The van der Waals surface area contributed by atoms with Crippen molar-refractivity contribution in [1.29, 1.82) is 0 Å². The van der Waals surface area contributed by atoms with Gasteiger partial charge in [0.1, 0.15) is 18.3 Å². The average molecular weight is 229 g/mol. The second kappa shape index (κ2) is 3.95. The van der Waals surface area contributed by atoms with Crippen LogP contribution in [-0.2, 0) is 14.3 Å². The molecule has 4 unspecified atom stereocenters. The minimum atomic E-state index is -1.41. The first-order valence-electron chi connectivity index (χ1n) is 4.74. The highest BCUT2D eigenvalue weighted by molar-refractivity contribution is 6.13. The Morgan fingerprint density at radius 1 is 1.19 bits per heavy atom. The quantitative estimate of drug-likeness (QED) is 0.446. The zero-order chi connectivity index (χ0) is 11.9. The van der Waals surface area contributed by atoms with Crippen molar-refractivity contribution < 1.29 is 29.6 Å². The lowest BCUT2D eigenvalue weighted by Crippen LogP contribution is -2.47. The Morgan fingerprint density at radius 2 is 1.75 bits per heavy atom. The number of carbonyl (C=O) groups excluding carboxylic acids is 2. The van der Waals surface area contributed by atoms with E-state index in [-0.39, 0.29) is 0 Å². The van der Waals surface area contributed by atoms with Crippen molar-refractivity contribution >= 4 is 11.8 Å². The van der Waals surface area contributed by atoms with Crippen LogP contribution in [0.3, 0.4) is 0 Å². The minimum Gasteiger partial charge on any atom is -0.394 e. The van der Waals surface area contributed by atoms with Gasteiger partial charge in [-0.05, 0) is 0 Å². The summed E-state index contributed by atoms with van der Waals surface area (Å²) in [5, 5.41) is 27.9. The molecule has 7 nitrogen and oxygen atoms in total. The molecule has 1 fully saturated rings. The van der Waals surface area contributed by atoms with Crippen molar-refractivity contribution in [2.24, 2.45) is 0 Å². The minimum absolute atomic E-state index is 0.502. The van der Waals surface area contributed by atoms with Gasteiger partial charge in [-0.3, -0.25) is 9.59 Å². The van der Waals surface area contributed by atoms with E-state index in [0.29, 0.717) is 4.90 Å². The summed E-state index contributed by atoms with van der Waals surface area (Å²) < 4.78 is 5.05. The fourth-order valence-electron chi connectivity index (χ4n) is 1.76. The van der Waals surface area contributed by atoms with Gasteiger partial charge in [0.15, 0.2) is 6.23 Å². The summed E-state index contributed by atoms with van der Waals surface area (Å²) in [6.07, 6.45) is -2.88. The van der Waals surface area contributed by atoms with E-state index in [1.165, 1.54) is 0 Å². The summed E-state index contributed by atoms with van der Waals surface area (Å²) in [5.74, 6) is -1.22. The van der Waals surface area contributed by atoms with Gasteiger partial charge in [-0.2, -0.15) is 0 Å². The van der Waals surface area contributed by atoms with Gasteiger partial charge in [0.2, 0.25) is 0 Å². The Hall–Kier alpha value is -1.28. The van der Waals surface area contributed by atoms with Gasteiger partial charge >= 0.3 is 0 Å². The maximum absolute atomic E-state index is 11.3. The molecule has 2 aliphatic heterocycles. The number of aliphatic hydroxyl groups is 3. The van der Waals surface area contributed by atoms with Crippen molar-refractivity contribution in [2.75, 3.05) is 6.61 Å². The van der Waals surface area contributed by atoms with Gasteiger partial charge in [0.25, 0.3) is 11.8 Å². The number of hydrogen-bond acceptors (Lipinski definition) is 6. The molecule has 0 aromatic rings. The van der Waals surface area contributed by atoms with Crippen molar-refractivity contribution in [1.82, 2.24) is 4.90 Å². The van der Waals surface area contributed by atoms with Crippen LogP contribution in [0.25, 0.3) is 0 Å². The van der Waals surface area contributed by atoms with Crippen molar-refractivity contribution in [3.63, 3.8) is 0 Å². The van der Waals surface area contributed by atoms with Gasteiger partial charge in [0, 0.05) is 12.2 Å². The molecule has 0 bridgehead atoms. The van der Waals surface area contributed by atoms with Gasteiger partial charge in [-0.15, -0.1) is 0 Å². The number of carbonyl (C=O) groups is 2. The molecule has 0 aromatic heterocycles. The smallest absolute Gasteiger partial charge is 0.255 e. The number of imide groups is 1. The molecule has 2 aliphatic rings. The predicted octanol–water partition coefficient (Wildman–Crippen LogP) is -2.65. The molecule has 2 amide bonds. The Balaban J connectivity index is 2.17. The number of aliphatic hydroxyl groups excluding tert-OH is 3. The molecule has 0 aromatic carbocycles. The first-order valence-corrected chi connectivity index (χ1v) is 4.74. The van der Waals surface area contributed by atoms with E-state index < -0.39 is 43.0 Å². The number of ether oxygens (including phenoxy) is 1. The topological polar surface area (TPSA) is 107 Å².